The van der Waals surface area contributed by atoms with Crippen molar-refractivity contribution in [2.75, 3.05) is 39.5 Å². The minimum Gasteiger partial charge on any atom is -0.493 e. The fraction of sp³-hybridized carbons (Fsp3) is 0.263. The summed E-state index contributed by atoms with van der Waals surface area (Å²) in [6.45, 7) is -0.431. The molecule has 2 rings (SSSR count). The Hall–Kier alpha value is -2.87. The Kier molecular flexibility index (Phi) is 7.36. The van der Waals surface area contributed by atoms with E-state index in [0.29, 0.717) is 11.4 Å². The van der Waals surface area contributed by atoms with E-state index in [2.05, 4.69) is 5.32 Å². The van der Waals surface area contributed by atoms with Gasteiger partial charge in [-0.05, 0) is 36.6 Å². The van der Waals surface area contributed by atoms with Gasteiger partial charge in [0.25, 0.3) is 5.91 Å². The van der Waals surface area contributed by atoms with Crippen molar-refractivity contribution in [3.05, 3.63) is 42.0 Å². The van der Waals surface area contributed by atoms with Crippen LogP contribution in [0, 0.1) is 0 Å². The zero-order valence-corrected chi connectivity index (χ0v) is 16.3. The predicted octanol–water partition coefficient (Wildman–Crippen LogP) is 3.23. The number of nitrogens with one attached hydrogen (secondary N) is 1. The smallest absolute Gasteiger partial charge is 0.342 e. The lowest BCUT2D eigenvalue weighted by molar-refractivity contribution is -0.119. The molecule has 1 amide bonds. The molecule has 0 aliphatic carbocycles. The first-order valence-corrected chi connectivity index (χ1v) is 9.16. The van der Waals surface area contributed by atoms with Crippen LogP contribution >= 0.6 is 11.8 Å². The Balaban J connectivity index is 2.05. The summed E-state index contributed by atoms with van der Waals surface area (Å²) >= 11 is 1.56. The fourth-order valence-corrected chi connectivity index (χ4v) is 2.83. The van der Waals surface area contributed by atoms with Crippen molar-refractivity contribution in [2.24, 2.45) is 0 Å². The Morgan fingerprint density at radius 2 is 1.74 bits per heavy atom. The van der Waals surface area contributed by atoms with Crippen molar-refractivity contribution in [3.63, 3.8) is 0 Å². The van der Waals surface area contributed by atoms with Crippen LogP contribution in [0.1, 0.15) is 10.4 Å². The third-order valence-electron chi connectivity index (χ3n) is 3.61. The number of benzene rings is 2. The van der Waals surface area contributed by atoms with Gasteiger partial charge < -0.3 is 24.3 Å². The first kappa shape index (κ1) is 20.4. The van der Waals surface area contributed by atoms with E-state index in [1.165, 1.54) is 27.4 Å². The van der Waals surface area contributed by atoms with E-state index in [1.807, 2.05) is 24.5 Å². The second kappa shape index (κ2) is 9.72. The Morgan fingerprint density at radius 1 is 1.00 bits per heavy atom. The molecule has 2 aromatic carbocycles. The number of esters is 1. The van der Waals surface area contributed by atoms with Crippen molar-refractivity contribution >= 4 is 29.3 Å². The lowest BCUT2D eigenvalue weighted by atomic mass is 10.1. The van der Waals surface area contributed by atoms with Crippen LogP contribution in [-0.2, 0) is 9.53 Å². The highest BCUT2D eigenvalue weighted by atomic mass is 32.2. The molecular formula is C19H21NO6S. The van der Waals surface area contributed by atoms with Crippen molar-refractivity contribution in [1.82, 2.24) is 0 Å². The maximum atomic E-state index is 12.4. The maximum absolute atomic E-state index is 12.4. The number of carbonyl (C=O) groups excluding carboxylic acids is 2. The van der Waals surface area contributed by atoms with Gasteiger partial charge in [-0.25, -0.2) is 4.79 Å². The summed E-state index contributed by atoms with van der Waals surface area (Å²) in [6, 6.07) is 10.4. The van der Waals surface area contributed by atoms with Crippen LogP contribution in [-0.4, -0.2) is 46.1 Å². The van der Waals surface area contributed by atoms with Gasteiger partial charge in [-0.15, -0.1) is 11.8 Å². The average Bonchev–Trinajstić information content (AvgIpc) is 2.70. The Morgan fingerprint density at radius 3 is 2.37 bits per heavy atom. The van der Waals surface area contributed by atoms with Gasteiger partial charge in [-0.2, -0.15) is 0 Å². The lowest BCUT2D eigenvalue weighted by Gasteiger charge is -2.15. The van der Waals surface area contributed by atoms with Crippen LogP contribution in [0.25, 0.3) is 0 Å². The molecule has 0 saturated heterocycles. The zero-order chi connectivity index (χ0) is 19.8. The van der Waals surface area contributed by atoms with Crippen LogP contribution in [0.4, 0.5) is 5.69 Å². The van der Waals surface area contributed by atoms with Crippen LogP contribution in [0.5, 0.6) is 17.2 Å². The van der Waals surface area contributed by atoms with Crippen LogP contribution < -0.4 is 19.5 Å². The fourth-order valence-electron chi connectivity index (χ4n) is 2.37. The highest BCUT2D eigenvalue weighted by Gasteiger charge is 2.22. The third-order valence-corrected chi connectivity index (χ3v) is 4.34. The first-order valence-electron chi connectivity index (χ1n) is 7.94. The van der Waals surface area contributed by atoms with E-state index in [9.17, 15) is 9.59 Å². The molecule has 0 spiro atoms. The van der Waals surface area contributed by atoms with E-state index in [0.717, 1.165) is 4.90 Å². The van der Waals surface area contributed by atoms with Gasteiger partial charge in [0.2, 0.25) is 5.75 Å². The van der Waals surface area contributed by atoms with Gasteiger partial charge in [0.05, 0.1) is 21.3 Å². The summed E-state index contributed by atoms with van der Waals surface area (Å²) in [4.78, 5) is 25.4. The molecule has 7 nitrogen and oxygen atoms in total. The molecule has 0 aromatic heterocycles. The average molecular weight is 391 g/mol. The predicted molar refractivity (Wildman–Crippen MR) is 103 cm³/mol. The summed E-state index contributed by atoms with van der Waals surface area (Å²) in [7, 11) is 4.32. The highest BCUT2D eigenvalue weighted by Crippen LogP contribution is 2.39. The van der Waals surface area contributed by atoms with Crippen molar-refractivity contribution < 1.29 is 28.5 Å². The highest BCUT2D eigenvalue weighted by molar-refractivity contribution is 7.98. The second-order valence-corrected chi connectivity index (χ2v) is 6.12. The Labute approximate surface area is 161 Å². The van der Waals surface area contributed by atoms with Crippen LogP contribution in [0.3, 0.4) is 0 Å². The molecule has 0 radical (unpaired) electrons. The third kappa shape index (κ3) is 5.07. The molecule has 0 aliphatic rings. The number of methoxy groups -OCH3 is 3. The molecule has 2 aromatic rings. The molecule has 0 aliphatic heterocycles. The molecule has 0 bridgehead atoms. The number of anilines is 1. The number of ether oxygens (including phenoxy) is 4. The van der Waals surface area contributed by atoms with Gasteiger partial charge in [0.15, 0.2) is 18.1 Å². The molecule has 27 heavy (non-hydrogen) atoms. The van der Waals surface area contributed by atoms with Crippen LogP contribution in [0.2, 0.25) is 0 Å². The van der Waals surface area contributed by atoms with E-state index < -0.39 is 18.5 Å². The van der Waals surface area contributed by atoms with Gasteiger partial charge in [-0.1, -0.05) is 6.07 Å². The normalized spacial score (nSPS) is 10.1. The van der Waals surface area contributed by atoms with E-state index in [1.54, 1.807) is 23.9 Å². The van der Waals surface area contributed by atoms with Gasteiger partial charge in [-0.3, -0.25) is 4.79 Å². The second-order valence-electron chi connectivity index (χ2n) is 5.24. The lowest BCUT2D eigenvalue weighted by Crippen LogP contribution is -2.21. The van der Waals surface area contributed by atoms with Gasteiger partial charge in [0, 0.05) is 10.6 Å². The standard InChI is InChI=1S/C19H21NO6S/c1-23-15-9-8-14(17(24-2)18(15)25-3)19(22)26-11-16(21)20-12-6-5-7-13(10-12)27-4/h5-10H,11H2,1-4H3,(H,20,21). The summed E-state index contributed by atoms with van der Waals surface area (Å²) in [5.74, 6) is -0.290. The molecule has 0 fully saturated rings. The number of carbonyl (C=O) groups is 2. The Bertz CT molecular complexity index is 824. The number of hydrogen-bond donors (Lipinski definition) is 1. The molecule has 144 valence electrons. The van der Waals surface area contributed by atoms with Crippen molar-refractivity contribution in [3.8, 4) is 17.2 Å². The van der Waals surface area contributed by atoms with E-state index in [-0.39, 0.29) is 17.1 Å². The molecule has 0 atom stereocenters. The van der Waals surface area contributed by atoms with Crippen molar-refractivity contribution in [2.45, 2.75) is 4.90 Å². The SMILES string of the molecule is COc1ccc(C(=O)OCC(=O)Nc2cccc(SC)c2)c(OC)c1OC. The minimum atomic E-state index is -0.708. The zero-order valence-electron chi connectivity index (χ0n) is 15.5. The summed E-state index contributed by atoms with van der Waals surface area (Å²) < 4.78 is 20.8. The number of amides is 1. The quantitative estimate of drug-likeness (QED) is 0.546. The maximum Gasteiger partial charge on any atom is 0.342 e. The first-order chi connectivity index (χ1) is 13.0. The van der Waals surface area contributed by atoms with E-state index >= 15 is 0 Å². The summed E-state index contributed by atoms with van der Waals surface area (Å²) in [6.07, 6.45) is 1.94. The number of rotatable bonds is 8. The summed E-state index contributed by atoms with van der Waals surface area (Å²) in [5, 5.41) is 2.69. The van der Waals surface area contributed by atoms with E-state index in [4.69, 9.17) is 18.9 Å². The topological polar surface area (TPSA) is 83.1 Å². The van der Waals surface area contributed by atoms with Gasteiger partial charge >= 0.3 is 5.97 Å². The minimum absolute atomic E-state index is 0.132. The molecule has 8 heteroatoms. The van der Waals surface area contributed by atoms with Crippen molar-refractivity contribution in [1.29, 1.82) is 0 Å². The molecule has 0 saturated carbocycles. The number of hydrogen-bond acceptors (Lipinski definition) is 7. The monoisotopic (exact) mass is 391 g/mol. The van der Waals surface area contributed by atoms with Gasteiger partial charge in [0.1, 0.15) is 5.56 Å². The largest absolute Gasteiger partial charge is 0.493 e. The van der Waals surface area contributed by atoms with Crippen LogP contribution in [0.15, 0.2) is 41.3 Å². The molecule has 1 N–H and O–H groups in total. The molecule has 0 unspecified atom stereocenters. The number of thioether (sulfide) groups is 1. The molecule has 0 heterocycles. The molecular weight excluding hydrogens is 370 g/mol. The summed E-state index contributed by atoms with van der Waals surface area (Å²) in [5.41, 5.74) is 0.763.